The molecule has 0 radical (unpaired) electrons. The molecule has 1 heterocycles. The van der Waals surface area contributed by atoms with Gasteiger partial charge < -0.3 is 4.74 Å². The molecule has 0 spiro atoms. The van der Waals surface area contributed by atoms with E-state index in [1.54, 1.807) is 6.07 Å². The molecule has 0 aliphatic rings. The van der Waals surface area contributed by atoms with Crippen LogP contribution in [0.25, 0.3) is 11.4 Å². The van der Waals surface area contributed by atoms with Crippen LogP contribution in [0.2, 0.25) is 0 Å². The van der Waals surface area contributed by atoms with Gasteiger partial charge in [0.05, 0.1) is 13.3 Å². The predicted molar refractivity (Wildman–Crippen MR) is 91.9 cm³/mol. The van der Waals surface area contributed by atoms with Gasteiger partial charge in [-0.25, -0.2) is 9.82 Å². The monoisotopic (exact) mass is 354 g/mol. The lowest BCUT2D eigenvalue weighted by molar-refractivity contribution is -0.122. The van der Waals surface area contributed by atoms with Crippen molar-refractivity contribution in [1.82, 2.24) is 25.6 Å². The molecule has 0 atom stereocenters. The van der Waals surface area contributed by atoms with E-state index in [0.29, 0.717) is 11.4 Å². The average molecular weight is 354 g/mol. The van der Waals surface area contributed by atoms with Crippen LogP contribution in [0.4, 0.5) is 4.39 Å². The molecule has 9 heteroatoms. The molecule has 132 valence electrons. The highest BCUT2D eigenvalue weighted by atomic mass is 19.1. The van der Waals surface area contributed by atoms with Gasteiger partial charge in [0.1, 0.15) is 6.54 Å². The van der Waals surface area contributed by atoms with E-state index < -0.39 is 11.7 Å². The number of hydrogen-bond donors (Lipinski definition) is 1. The van der Waals surface area contributed by atoms with E-state index in [1.165, 1.54) is 30.3 Å². The quantitative estimate of drug-likeness (QED) is 0.536. The number of carbonyl (C=O) groups is 1. The minimum Gasteiger partial charge on any atom is -0.494 e. The van der Waals surface area contributed by atoms with Gasteiger partial charge in [-0.15, -0.1) is 10.2 Å². The number of nitrogens with zero attached hydrogens (tertiary/aromatic N) is 5. The number of carbonyl (C=O) groups excluding carboxylic acids is 1. The fourth-order valence-corrected chi connectivity index (χ4v) is 2.12. The zero-order valence-corrected chi connectivity index (χ0v) is 13.8. The highest BCUT2D eigenvalue weighted by Gasteiger charge is 2.08. The number of nitrogens with one attached hydrogen (secondary N) is 1. The summed E-state index contributed by atoms with van der Waals surface area (Å²) in [4.78, 5) is 13.0. The number of rotatable bonds is 6. The molecule has 3 rings (SSSR count). The van der Waals surface area contributed by atoms with Gasteiger partial charge in [0.25, 0.3) is 5.91 Å². The second kappa shape index (κ2) is 7.97. The second-order valence-electron chi connectivity index (χ2n) is 5.20. The first-order chi connectivity index (χ1) is 12.7. The smallest absolute Gasteiger partial charge is 0.263 e. The Morgan fingerprint density at radius 1 is 1.31 bits per heavy atom. The predicted octanol–water partition coefficient (Wildman–Crippen LogP) is 1.64. The van der Waals surface area contributed by atoms with Crippen LogP contribution in [0.3, 0.4) is 0 Å². The number of amides is 1. The number of aromatic nitrogens is 4. The Morgan fingerprint density at radius 3 is 2.85 bits per heavy atom. The van der Waals surface area contributed by atoms with Crippen LogP contribution in [0.5, 0.6) is 5.75 Å². The lowest BCUT2D eigenvalue weighted by Gasteiger charge is -2.02. The summed E-state index contributed by atoms with van der Waals surface area (Å²) in [7, 11) is 1.38. The Morgan fingerprint density at radius 2 is 2.12 bits per heavy atom. The number of hydrogen-bond acceptors (Lipinski definition) is 6. The van der Waals surface area contributed by atoms with E-state index >= 15 is 0 Å². The van der Waals surface area contributed by atoms with Crippen molar-refractivity contribution in [2.24, 2.45) is 5.10 Å². The molecule has 0 fully saturated rings. The van der Waals surface area contributed by atoms with Gasteiger partial charge in [-0.05, 0) is 29.0 Å². The van der Waals surface area contributed by atoms with Crippen molar-refractivity contribution in [3.63, 3.8) is 0 Å². The average Bonchev–Trinajstić information content (AvgIpc) is 3.11. The fourth-order valence-electron chi connectivity index (χ4n) is 2.12. The number of benzene rings is 2. The van der Waals surface area contributed by atoms with Crippen LogP contribution < -0.4 is 10.2 Å². The fraction of sp³-hybridized carbons (Fsp3) is 0.118. The summed E-state index contributed by atoms with van der Waals surface area (Å²) in [5.41, 5.74) is 3.61. The molecule has 0 saturated heterocycles. The molecule has 3 aromatic rings. The van der Waals surface area contributed by atoms with E-state index in [4.69, 9.17) is 4.74 Å². The van der Waals surface area contributed by atoms with Crippen LogP contribution in [-0.4, -0.2) is 39.4 Å². The lowest BCUT2D eigenvalue weighted by Crippen LogP contribution is -2.24. The molecular formula is C17H15FN6O2. The van der Waals surface area contributed by atoms with Crippen molar-refractivity contribution < 1.29 is 13.9 Å². The van der Waals surface area contributed by atoms with Gasteiger partial charge in [0.2, 0.25) is 5.82 Å². The Balaban J connectivity index is 1.56. The topological polar surface area (TPSA) is 94.3 Å². The van der Waals surface area contributed by atoms with E-state index in [2.05, 4.69) is 25.9 Å². The normalized spacial score (nSPS) is 10.8. The van der Waals surface area contributed by atoms with E-state index in [-0.39, 0.29) is 12.3 Å². The first-order valence-corrected chi connectivity index (χ1v) is 7.64. The molecular weight excluding hydrogens is 339 g/mol. The molecule has 0 aliphatic carbocycles. The molecule has 0 saturated carbocycles. The van der Waals surface area contributed by atoms with Gasteiger partial charge in [-0.3, -0.25) is 4.79 Å². The molecule has 1 amide bonds. The van der Waals surface area contributed by atoms with Crippen LogP contribution >= 0.6 is 0 Å². The van der Waals surface area contributed by atoms with Crippen molar-refractivity contribution in [2.75, 3.05) is 7.11 Å². The van der Waals surface area contributed by atoms with E-state index in [9.17, 15) is 9.18 Å². The SMILES string of the molecule is COc1ccc(/C=N\NC(=O)Cn2nnc(-c3ccccc3)n2)cc1F. The molecule has 1 N–H and O–H groups in total. The van der Waals surface area contributed by atoms with Gasteiger partial charge in [0, 0.05) is 5.56 Å². The third-order valence-corrected chi connectivity index (χ3v) is 3.35. The van der Waals surface area contributed by atoms with Gasteiger partial charge >= 0.3 is 0 Å². The van der Waals surface area contributed by atoms with E-state index in [0.717, 1.165) is 5.56 Å². The molecule has 0 bridgehead atoms. The largest absolute Gasteiger partial charge is 0.494 e. The van der Waals surface area contributed by atoms with Crippen molar-refractivity contribution in [3.8, 4) is 17.1 Å². The zero-order chi connectivity index (χ0) is 18.4. The van der Waals surface area contributed by atoms with Gasteiger partial charge in [0.15, 0.2) is 11.6 Å². The van der Waals surface area contributed by atoms with E-state index in [1.807, 2.05) is 30.3 Å². The van der Waals surface area contributed by atoms with Gasteiger partial charge in [-0.1, -0.05) is 30.3 Å². The number of tetrazole rings is 1. The van der Waals surface area contributed by atoms with Crippen molar-refractivity contribution >= 4 is 12.1 Å². The van der Waals surface area contributed by atoms with Gasteiger partial charge in [-0.2, -0.15) is 9.90 Å². The summed E-state index contributed by atoms with van der Waals surface area (Å²) in [5.74, 6) is -0.386. The number of halogens is 1. The van der Waals surface area contributed by atoms with Crippen molar-refractivity contribution in [1.29, 1.82) is 0 Å². The molecule has 2 aromatic carbocycles. The Bertz CT molecular complexity index is 926. The molecule has 0 unspecified atom stereocenters. The lowest BCUT2D eigenvalue weighted by atomic mass is 10.2. The van der Waals surface area contributed by atoms with Crippen molar-refractivity contribution in [3.05, 3.63) is 59.9 Å². The standard InChI is InChI=1S/C17H15FN6O2/c1-26-15-8-7-12(9-14(15)18)10-19-20-16(25)11-24-22-17(21-23-24)13-5-3-2-4-6-13/h2-10H,11H2,1H3,(H,20,25)/b19-10-. The highest BCUT2D eigenvalue weighted by molar-refractivity contribution is 5.82. The summed E-state index contributed by atoms with van der Waals surface area (Å²) in [6, 6.07) is 13.6. The second-order valence-corrected chi connectivity index (χ2v) is 5.20. The van der Waals surface area contributed by atoms with Crippen LogP contribution in [-0.2, 0) is 11.3 Å². The summed E-state index contributed by atoms with van der Waals surface area (Å²) < 4.78 is 18.4. The minimum absolute atomic E-state index is 0.137. The maximum atomic E-state index is 13.6. The highest BCUT2D eigenvalue weighted by Crippen LogP contribution is 2.16. The maximum Gasteiger partial charge on any atom is 0.263 e. The summed E-state index contributed by atoms with van der Waals surface area (Å²) in [5, 5.41) is 15.6. The summed E-state index contributed by atoms with van der Waals surface area (Å²) in [6.45, 7) is -0.145. The maximum absolute atomic E-state index is 13.6. The van der Waals surface area contributed by atoms with Crippen LogP contribution in [0.15, 0.2) is 53.6 Å². The van der Waals surface area contributed by atoms with Crippen molar-refractivity contribution in [2.45, 2.75) is 6.54 Å². The Hall–Kier alpha value is -3.62. The number of hydrazone groups is 1. The van der Waals surface area contributed by atoms with Crippen LogP contribution in [0, 0.1) is 5.82 Å². The molecule has 0 aliphatic heterocycles. The molecule has 1 aromatic heterocycles. The Kier molecular flexibility index (Phi) is 5.28. The third-order valence-electron chi connectivity index (χ3n) is 3.35. The minimum atomic E-state index is -0.511. The Labute approximate surface area is 148 Å². The summed E-state index contributed by atoms with van der Waals surface area (Å²) in [6.07, 6.45) is 1.32. The first-order valence-electron chi connectivity index (χ1n) is 7.64. The zero-order valence-electron chi connectivity index (χ0n) is 13.8. The first kappa shape index (κ1) is 17.2. The third kappa shape index (κ3) is 4.26. The molecule has 26 heavy (non-hydrogen) atoms. The number of ether oxygens (including phenoxy) is 1. The molecule has 8 nitrogen and oxygen atoms in total. The van der Waals surface area contributed by atoms with Crippen LogP contribution in [0.1, 0.15) is 5.56 Å². The summed E-state index contributed by atoms with van der Waals surface area (Å²) >= 11 is 0. The number of methoxy groups -OCH3 is 1.